The number of carbonyl (C=O) groups is 1. The summed E-state index contributed by atoms with van der Waals surface area (Å²) in [7, 11) is 1.64. The quantitative estimate of drug-likeness (QED) is 0.899. The van der Waals surface area contributed by atoms with E-state index in [1.807, 2.05) is 31.2 Å². The van der Waals surface area contributed by atoms with E-state index in [9.17, 15) is 9.90 Å². The van der Waals surface area contributed by atoms with Gasteiger partial charge in [0.05, 0.1) is 19.1 Å². The number of aliphatic carboxylic acids is 1. The summed E-state index contributed by atoms with van der Waals surface area (Å²) >= 11 is 0. The fourth-order valence-electron chi connectivity index (χ4n) is 3.03. The molecule has 4 nitrogen and oxygen atoms in total. The molecule has 1 aromatic rings. The second kappa shape index (κ2) is 6.27. The molecule has 1 heterocycles. The van der Waals surface area contributed by atoms with Crippen molar-refractivity contribution in [3.63, 3.8) is 0 Å². The van der Waals surface area contributed by atoms with Crippen molar-refractivity contribution in [1.82, 2.24) is 4.90 Å². The molecule has 4 heteroatoms. The zero-order valence-electron chi connectivity index (χ0n) is 12.3. The molecule has 0 aromatic heterocycles. The third-order valence-corrected chi connectivity index (χ3v) is 4.26. The highest BCUT2D eigenvalue weighted by molar-refractivity contribution is 5.69. The van der Waals surface area contributed by atoms with Crippen molar-refractivity contribution in [3.8, 4) is 5.75 Å². The Hall–Kier alpha value is -1.55. The van der Waals surface area contributed by atoms with Gasteiger partial charge in [0.25, 0.3) is 0 Å². The Morgan fingerprint density at radius 3 is 2.35 bits per heavy atom. The second-order valence-electron chi connectivity index (χ2n) is 5.62. The number of methoxy groups -OCH3 is 1. The lowest BCUT2D eigenvalue weighted by Crippen LogP contribution is -2.47. The van der Waals surface area contributed by atoms with Crippen molar-refractivity contribution in [1.29, 1.82) is 0 Å². The maximum Gasteiger partial charge on any atom is 0.305 e. The van der Waals surface area contributed by atoms with E-state index in [-0.39, 0.29) is 6.42 Å². The summed E-state index contributed by atoms with van der Waals surface area (Å²) < 4.78 is 5.18. The summed E-state index contributed by atoms with van der Waals surface area (Å²) in [5.74, 6) is 0.0407. The van der Waals surface area contributed by atoms with Gasteiger partial charge in [-0.05, 0) is 50.6 Å². The minimum atomic E-state index is -0.756. The predicted molar refractivity (Wildman–Crippen MR) is 78.0 cm³/mol. The number of rotatable bonds is 5. The summed E-state index contributed by atoms with van der Waals surface area (Å²) in [6, 6.07) is 7.77. The zero-order chi connectivity index (χ0) is 14.6. The average molecular weight is 277 g/mol. The Kier molecular flexibility index (Phi) is 4.65. The highest BCUT2D eigenvalue weighted by Crippen LogP contribution is 2.35. The van der Waals surface area contributed by atoms with E-state index in [0.29, 0.717) is 0 Å². The SMILES string of the molecule is COc1ccc(C(C)(CC(=O)O)N2CCCCC2)cc1. The number of ether oxygens (including phenoxy) is 1. The molecule has 0 saturated carbocycles. The lowest BCUT2D eigenvalue weighted by Gasteiger charge is -2.43. The Bertz CT molecular complexity index is 451. The van der Waals surface area contributed by atoms with E-state index in [1.165, 1.54) is 6.42 Å². The summed E-state index contributed by atoms with van der Waals surface area (Å²) in [5.41, 5.74) is 0.598. The lowest BCUT2D eigenvalue weighted by molar-refractivity contribution is -0.140. The first kappa shape index (κ1) is 14.9. The summed E-state index contributed by atoms with van der Waals surface area (Å²) in [6.07, 6.45) is 3.65. The van der Waals surface area contributed by atoms with Crippen LogP contribution in [0.15, 0.2) is 24.3 Å². The summed E-state index contributed by atoms with van der Waals surface area (Å²) in [6.45, 7) is 3.97. The second-order valence-corrected chi connectivity index (χ2v) is 5.62. The molecule has 20 heavy (non-hydrogen) atoms. The van der Waals surface area contributed by atoms with Crippen molar-refractivity contribution in [2.24, 2.45) is 0 Å². The van der Waals surface area contributed by atoms with Crippen molar-refractivity contribution in [2.45, 2.75) is 38.1 Å². The van der Waals surface area contributed by atoms with E-state index < -0.39 is 11.5 Å². The molecule has 1 unspecified atom stereocenters. The number of nitrogens with zero attached hydrogens (tertiary/aromatic N) is 1. The smallest absolute Gasteiger partial charge is 0.305 e. The molecule has 0 bridgehead atoms. The van der Waals surface area contributed by atoms with Crippen molar-refractivity contribution < 1.29 is 14.6 Å². The Morgan fingerprint density at radius 2 is 1.85 bits per heavy atom. The van der Waals surface area contributed by atoms with E-state index in [2.05, 4.69) is 4.90 Å². The molecule has 1 saturated heterocycles. The largest absolute Gasteiger partial charge is 0.497 e. The molecule has 110 valence electrons. The van der Waals surface area contributed by atoms with Crippen LogP contribution in [0.25, 0.3) is 0 Å². The zero-order valence-corrected chi connectivity index (χ0v) is 12.3. The number of carboxylic acid groups (broad SMARTS) is 1. The first-order chi connectivity index (χ1) is 9.56. The van der Waals surface area contributed by atoms with Crippen LogP contribution < -0.4 is 4.74 Å². The first-order valence-corrected chi connectivity index (χ1v) is 7.17. The van der Waals surface area contributed by atoms with Gasteiger partial charge in [-0.25, -0.2) is 0 Å². The van der Waals surface area contributed by atoms with Crippen LogP contribution in [0.2, 0.25) is 0 Å². The van der Waals surface area contributed by atoms with Gasteiger partial charge in [0.1, 0.15) is 5.75 Å². The highest BCUT2D eigenvalue weighted by atomic mass is 16.5. The molecular weight excluding hydrogens is 254 g/mol. The number of likely N-dealkylation sites (tertiary alicyclic amines) is 1. The number of hydrogen-bond acceptors (Lipinski definition) is 3. The van der Waals surface area contributed by atoms with Gasteiger partial charge in [-0.1, -0.05) is 18.6 Å². The molecule has 1 aliphatic heterocycles. The van der Waals surface area contributed by atoms with Crippen LogP contribution in [0.5, 0.6) is 5.75 Å². The van der Waals surface area contributed by atoms with Crippen LogP contribution in [0.4, 0.5) is 0 Å². The fourth-order valence-corrected chi connectivity index (χ4v) is 3.03. The maximum atomic E-state index is 11.3. The molecule has 0 spiro atoms. The van der Waals surface area contributed by atoms with Gasteiger partial charge in [0.2, 0.25) is 0 Å². The van der Waals surface area contributed by atoms with Crippen LogP contribution in [0.3, 0.4) is 0 Å². The first-order valence-electron chi connectivity index (χ1n) is 7.17. The minimum absolute atomic E-state index is 0.124. The number of benzene rings is 1. The molecule has 1 aliphatic rings. The van der Waals surface area contributed by atoms with Gasteiger partial charge in [-0.15, -0.1) is 0 Å². The topological polar surface area (TPSA) is 49.8 Å². The minimum Gasteiger partial charge on any atom is -0.497 e. The Balaban J connectivity index is 2.30. The molecule has 1 N–H and O–H groups in total. The van der Waals surface area contributed by atoms with E-state index in [4.69, 9.17) is 4.74 Å². The molecule has 0 radical (unpaired) electrons. The van der Waals surface area contributed by atoms with Crippen LogP contribution in [-0.4, -0.2) is 36.2 Å². The lowest BCUT2D eigenvalue weighted by atomic mass is 9.85. The van der Waals surface area contributed by atoms with Gasteiger partial charge in [0, 0.05) is 0 Å². The number of hydrogen-bond donors (Lipinski definition) is 1. The third-order valence-electron chi connectivity index (χ3n) is 4.26. The standard InChI is InChI=1S/C16H23NO3/c1-16(12-15(18)19,17-10-4-3-5-11-17)13-6-8-14(20-2)9-7-13/h6-9H,3-5,10-12H2,1-2H3,(H,18,19). The van der Waals surface area contributed by atoms with Crippen molar-refractivity contribution in [3.05, 3.63) is 29.8 Å². The summed E-state index contributed by atoms with van der Waals surface area (Å²) in [5, 5.41) is 9.29. The normalized spacial score (nSPS) is 19.3. The predicted octanol–water partition coefficient (Wildman–Crippen LogP) is 2.87. The van der Waals surface area contributed by atoms with Crippen LogP contribution in [0.1, 0.15) is 38.2 Å². The fraction of sp³-hybridized carbons (Fsp3) is 0.562. The van der Waals surface area contributed by atoms with Gasteiger partial charge in [-0.3, -0.25) is 9.69 Å². The van der Waals surface area contributed by atoms with Gasteiger partial charge >= 0.3 is 5.97 Å². The van der Waals surface area contributed by atoms with Crippen LogP contribution >= 0.6 is 0 Å². The molecule has 1 atom stereocenters. The number of piperidine rings is 1. The average Bonchev–Trinajstić information content (AvgIpc) is 2.47. The van der Waals surface area contributed by atoms with Crippen molar-refractivity contribution >= 4 is 5.97 Å². The van der Waals surface area contributed by atoms with Crippen molar-refractivity contribution in [2.75, 3.05) is 20.2 Å². The number of carboxylic acids is 1. The van der Waals surface area contributed by atoms with E-state index >= 15 is 0 Å². The summed E-state index contributed by atoms with van der Waals surface area (Å²) in [4.78, 5) is 13.6. The van der Waals surface area contributed by atoms with Gasteiger partial charge in [-0.2, -0.15) is 0 Å². The van der Waals surface area contributed by atoms with Gasteiger partial charge < -0.3 is 9.84 Å². The molecule has 0 aliphatic carbocycles. The van der Waals surface area contributed by atoms with E-state index in [1.54, 1.807) is 7.11 Å². The molecule has 1 aromatic carbocycles. The molecule has 1 fully saturated rings. The Labute approximate surface area is 120 Å². The van der Waals surface area contributed by atoms with Crippen LogP contribution in [0, 0.1) is 0 Å². The monoisotopic (exact) mass is 277 g/mol. The Morgan fingerprint density at radius 1 is 1.25 bits per heavy atom. The van der Waals surface area contributed by atoms with Crippen LogP contribution in [-0.2, 0) is 10.3 Å². The van der Waals surface area contributed by atoms with E-state index in [0.717, 1.165) is 37.2 Å². The third kappa shape index (κ3) is 3.12. The molecular formula is C16H23NO3. The maximum absolute atomic E-state index is 11.3. The molecule has 2 rings (SSSR count). The van der Waals surface area contributed by atoms with Gasteiger partial charge in [0.15, 0.2) is 0 Å². The molecule has 0 amide bonds. The highest BCUT2D eigenvalue weighted by Gasteiger charge is 2.36.